The van der Waals surface area contributed by atoms with Crippen molar-refractivity contribution in [2.75, 3.05) is 25.0 Å². The summed E-state index contributed by atoms with van der Waals surface area (Å²) in [6, 6.07) is 11.3. The Balaban J connectivity index is 1.23. The van der Waals surface area contributed by atoms with Crippen molar-refractivity contribution in [1.82, 2.24) is 19.9 Å². The average Bonchev–Trinajstić information content (AvgIpc) is 3.43. The first-order valence-electron chi connectivity index (χ1n) is 10.2. The lowest BCUT2D eigenvalue weighted by atomic mass is 9.94. The zero-order valence-electron chi connectivity index (χ0n) is 15.7. The van der Waals surface area contributed by atoms with E-state index in [4.69, 9.17) is 4.98 Å². The number of aromatic amines is 1. The molecule has 0 amide bonds. The van der Waals surface area contributed by atoms with Gasteiger partial charge in [0.2, 0.25) is 5.95 Å². The van der Waals surface area contributed by atoms with E-state index in [0.29, 0.717) is 12.0 Å². The van der Waals surface area contributed by atoms with Crippen molar-refractivity contribution in [3.8, 4) is 0 Å². The van der Waals surface area contributed by atoms with Gasteiger partial charge in [-0.2, -0.15) is 0 Å². The molecule has 1 saturated heterocycles. The van der Waals surface area contributed by atoms with Gasteiger partial charge < -0.3 is 15.2 Å². The number of H-pyrrole nitrogens is 1. The Morgan fingerprint density at radius 3 is 3.00 bits per heavy atom. The summed E-state index contributed by atoms with van der Waals surface area (Å²) >= 11 is 0. The molecule has 1 saturated carbocycles. The molecular formula is C22H27N5. The normalized spacial score (nSPS) is 20.8. The van der Waals surface area contributed by atoms with Crippen LogP contribution < -0.4 is 5.32 Å². The molecule has 1 atom stereocenters. The molecular weight excluding hydrogens is 334 g/mol. The van der Waals surface area contributed by atoms with E-state index in [1.54, 1.807) is 0 Å². The Labute approximate surface area is 160 Å². The van der Waals surface area contributed by atoms with Crippen LogP contribution in [-0.2, 0) is 6.42 Å². The fourth-order valence-electron chi connectivity index (χ4n) is 4.20. The SMILES string of the molecule is c1ccc2c(CCN3CCCC(c4ccnc(NC5CC5)n4)C3)c[nH]c2c1. The van der Waals surface area contributed by atoms with Crippen LogP contribution in [0.15, 0.2) is 42.7 Å². The summed E-state index contributed by atoms with van der Waals surface area (Å²) < 4.78 is 0. The van der Waals surface area contributed by atoms with Crippen LogP contribution in [0.2, 0.25) is 0 Å². The summed E-state index contributed by atoms with van der Waals surface area (Å²) in [5.74, 6) is 1.33. The van der Waals surface area contributed by atoms with Crippen LogP contribution in [0.5, 0.6) is 0 Å². The number of nitrogens with one attached hydrogen (secondary N) is 2. The third-order valence-electron chi connectivity index (χ3n) is 5.88. The second-order valence-electron chi connectivity index (χ2n) is 7.97. The number of rotatable bonds is 6. The van der Waals surface area contributed by atoms with Gasteiger partial charge in [0, 0.05) is 48.3 Å². The fraction of sp³-hybridized carbons (Fsp3) is 0.455. The van der Waals surface area contributed by atoms with Crippen molar-refractivity contribution >= 4 is 16.9 Å². The highest BCUT2D eigenvalue weighted by atomic mass is 15.1. The van der Waals surface area contributed by atoms with Gasteiger partial charge in [0.15, 0.2) is 0 Å². The lowest BCUT2D eigenvalue weighted by Crippen LogP contribution is -2.36. The smallest absolute Gasteiger partial charge is 0.223 e. The van der Waals surface area contributed by atoms with E-state index in [2.05, 4.69) is 56.7 Å². The standard InChI is InChI=1S/C22H27N5/c1-2-6-21-19(5-1)16(14-24-21)10-13-27-12-3-4-17(15-27)20-9-11-23-22(26-20)25-18-7-8-18/h1-2,5-6,9,11,14,17-18,24H,3-4,7-8,10,12-13,15H2,(H,23,25,26). The Hall–Kier alpha value is -2.40. The molecule has 140 valence electrons. The predicted molar refractivity (Wildman–Crippen MR) is 109 cm³/mol. The van der Waals surface area contributed by atoms with Crippen LogP contribution in [0.25, 0.3) is 10.9 Å². The minimum absolute atomic E-state index is 0.518. The maximum absolute atomic E-state index is 4.81. The Kier molecular flexibility index (Phi) is 4.54. The molecule has 1 aromatic carbocycles. The van der Waals surface area contributed by atoms with Gasteiger partial charge >= 0.3 is 0 Å². The number of piperidine rings is 1. The first kappa shape index (κ1) is 16.8. The summed E-state index contributed by atoms with van der Waals surface area (Å²) in [4.78, 5) is 15.2. The first-order valence-corrected chi connectivity index (χ1v) is 10.2. The van der Waals surface area contributed by atoms with Crippen molar-refractivity contribution in [3.05, 3.63) is 54.0 Å². The molecule has 0 radical (unpaired) electrons. The molecule has 3 aromatic rings. The average molecular weight is 361 g/mol. The quantitative estimate of drug-likeness (QED) is 0.698. The van der Waals surface area contributed by atoms with Crippen molar-refractivity contribution < 1.29 is 0 Å². The van der Waals surface area contributed by atoms with Crippen LogP contribution in [0, 0.1) is 0 Å². The maximum atomic E-state index is 4.81. The molecule has 5 heteroatoms. The summed E-state index contributed by atoms with van der Waals surface area (Å²) in [5.41, 5.74) is 3.86. The molecule has 27 heavy (non-hydrogen) atoms. The number of para-hydroxylation sites is 1. The second kappa shape index (κ2) is 7.31. The minimum Gasteiger partial charge on any atom is -0.361 e. The van der Waals surface area contributed by atoms with Gasteiger partial charge in [-0.3, -0.25) is 0 Å². The number of hydrogen-bond acceptors (Lipinski definition) is 4. The van der Waals surface area contributed by atoms with Crippen LogP contribution in [0.3, 0.4) is 0 Å². The summed E-state index contributed by atoms with van der Waals surface area (Å²) in [6.45, 7) is 3.40. The van der Waals surface area contributed by atoms with Gasteiger partial charge in [0.05, 0.1) is 5.69 Å². The van der Waals surface area contributed by atoms with E-state index in [0.717, 1.165) is 25.5 Å². The molecule has 2 fully saturated rings. The largest absolute Gasteiger partial charge is 0.361 e. The van der Waals surface area contributed by atoms with E-state index in [-0.39, 0.29) is 0 Å². The van der Waals surface area contributed by atoms with Gasteiger partial charge in [0.25, 0.3) is 0 Å². The number of nitrogens with zero attached hydrogens (tertiary/aromatic N) is 3. The molecule has 1 aliphatic heterocycles. The fourth-order valence-corrected chi connectivity index (χ4v) is 4.20. The van der Waals surface area contributed by atoms with Gasteiger partial charge in [-0.05, 0) is 56.3 Å². The lowest BCUT2D eigenvalue weighted by molar-refractivity contribution is 0.208. The first-order chi connectivity index (χ1) is 13.3. The number of benzene rings is 1. The highest BCUT2D eigenvalue weighted by molar-refractivity contribution is 5.83. The Morgan fingerprint density at radius 2 is 2.07 bits per heavy atom. The Morgan fingerprint density at radius 1 is 1.15 bits per heavy atom. The number of fused-ring (bicyclic) bond motifs is 1. The number of anilines is 1. The van der Waals surface area contributed by atoms with Crippen molar-refractivity contribution in [2.24, 2.45) is 0 Å². The second-order valence-corrected chi connectivity index (χ2v) is 7.97. The number of aromatic nitrogens is 3. The topological polar surface area (TPSA) is 56.8 Å². The van der Waals surface area contributed by atoms with E-state index >= 15 is 0 Å². The molecule has 5 rings (SSSR count). The zero-order valence-corrected chi connectivity index (χ0v) is 15.7. The van der Waals surface area contributed by atoms with Crippen molar-refractivity contribution in [2.45, 2.75) is 44.1 Å². The van der Waals surface area contributed by atoms with Gasteiger partial charge in [-0.15, -0.1) is 0 Å². The summed E-state index contributed by atoms with van der Waals surface area (Å²) in [5, 5.41) is 4.79. The Bertz CT molecular complexity index is 914. The third-order valence-corrected chi connectivity index (χ3v) is 5.88. The highest BCUT2D eigenvalue weighted by Crippen LogP contribution is 2.28. The van der Waals surface area contributed by atoms with E-state index in [9.17, 15) is 0 Å². The van der Waals surface area contributed by atoms with Crippen LogP contribution in [-0.4, -0.2) is 45.5 Å². The van der Waals surface area contributed by atoms with Crippen LogP contribution in [0.4, 0.5) is 5.95 Å². The van der Waals surface area contributed by atoms with E-state index in [1.807, 2.05) is 6.20 Å². The van der Waals surface area contributed by atoms with Crippen LogP contribution in [0.1, 0.15) is 42.9 Å². The third kappa shape index (κ3) is 3.83. The predicted octanol–water partition coefficient (Wildman–Crippen LogP) is 3.95. The summed E-state index contributed by atoms with van der Waals surface area (Å²) in [7, 11) is 0. The molecule has 0 bridgehead atoms. The van der Waals surface area contributed by atoms with E-state index < -0.39 is 0 Å². The minimum atomic E-state index is 0.518. The molecule has 2 aliphatic rings. The highest BCUT2D eigenvalue weighted by Gasteiger charge is 2.25. The molecule has 5 nitrogen and oxygen atoms in total. The van der Waals surface area contributed by atoms with E-state index in [1.165, 1.54) is 54.4 Å². The van der Waals surface area contributed by atoms with Crippen molar-refractivity contribution in [3.63, 3.8) is 0 Å². The number of hydrogen-bond donors (Lipinski definition) is 2. The maximum Gasteiger partial charge on any atom is 0.223 e. The van der Waals surface area contributed by atoms with Crippen LogP contribution >= 0.6 is 0 Å². The molecule has 1 aliphatic carbocycles. The number of likely N-dealkylation sites (tertiary alicyclic amines) is 1. The molecule has 0 spiro atoms. The van der Waals surface area contributed by atoms with Gasteiger partial charge in [-0.1, -0.05) is 18.2 Å². The molecule has 2 aromatic heterocycles. The molecule has 1 unspecified atom stereocenters. The monoisotopic (exact) mass is 361 g/mol. The summed E-state index contributed by atoms with van der Waals surface area (Å²) in [6.07, 6.45) is 10.1. The van der Waals surface area contributed by atoms with Gasteiger partial charge in [0.1, 0.15) is 0 Å². The van der Waals surface area contributed by atoms with Gasteiger partial charge in [-0.25, -0.2) is 9.97 Å². The molecule has 2 N–H and O–H groups in total. The van der Waals surface area contributed by atoms with Crippen molar-refractivity contribution in [1.29, 1.82) is 0 Å². The molecule has 3 heterocycles. The zero-order chi connectivity index (χ0) is 18.1. The lowest BCUT2D eigenvalue weighted by Gasteiger charge is -2.32.